The number of rotatable bonds is 1. The number of morpholine rings is 1. The van der Waals surface area contributed by atoms with Crippen LogP contribution < -0.4 is 0 Å². The van der Waals surface area contributed by atoms with E-state index in [9.17, 15) is 4.79 Å². The molecule has 0 unspecified atom stereocenters. The highest BCUT2D eigenvalue weighted by molar-refractivity contribution is 5.82. The molecule has 1 saturated heterocycles. The van der Waals surface area contributed by atoms with Gasteiger partial charge in [0.05, 0.1) is 13.2 Å². The van der Waals surface area contributed by atoms with Crippen LogP contribution in [0.25, 0.3) is 0 Å². The van der Waals surface area contributed by atoms with Crippen LogP contribution in [0.3, 0.4) is 0 Å². The number of fused-ring (bicyclic) bond motifs is 1. The topological polar surface area (TPSA) is 29.5 Å². The summed E-state index contributed by atoms with van der Waals surface area (Å²) >= 11 is 0. The van der Waals surface area contributed by atoms with Gasteiger partial charge in [0.2, 0.25) is 5.91 Å². The van der Waals surface area contributed by atoms with Crippen molar-refractivity contribution < 1.29 is 9.53 Å². The summed E-state index contributed by atoms with van der Waals surface area (Å²) in [5.74, 6) is 2.31. The molecule has 3 heteroatoms. The summed E-state index contributed by atoms with van der Waals surface area (Å²) in [7, 11) is 0. The van der Waals surface area contributed by atoms with Gasteiger partial charge >= 0.3 is 0 Å². The van der Waals surface area contributed by atoms with Gasteiger partial charge in [0.15, 0.2) is 0 Å². The summed E-state index contributed by atoms with van der Waals surface area (Å²) in [6.45, 7) is 3.09. The van der Waals surface area contributed by atoms with Crippen molar-refractivity contribution in [1.82, 2.24) is 4.90 Å². The lowest BCUT2D eigenvalue weighted by Crippen LogP contribution is -2.41. The highest BCUT2D eigenvalue weighted by Gasteiger charge is 2.55. The molecule has 2 saturated carbocycles. The van der Waals surface area contributed by atoms with E-state index in [4.69, 9.17) is 4.74 Å². The predicted molar refractivity (Wildman–Crippen MR) is 56.3 cm³/mol. The van der Waals surface area contributed by atoms with E-state index >= 15 is 0 Å². The third-order valence-corrected chi connectivity index (χ3v) is 4.26. The molecule has 3 fully saturated rings. The maximum atomic E-state index is 12.2. The summed E-state index contributed by atoms with van der Waals surface area (Å²) in [4.78, 5) is 14.2. The zero-order chi connectivity index (χ0) is 10.3. The van der Waals surface area contributed by atoms with Crippen LogP contribution in [0.15, 0.2) is 0 Å². The lowest BCUT2D eigenvalue weighted by atomic mass is 10.0. The number of amides is 1. The average Bonchev–Trinajstić information content (AvgIpc) is 3.03. The third kappa shape index (κ3) is 1.67. The van der Waals surface area contributed by atoms with Gasteiger partial charge in [-0.05, 0) is 24.7 Å². The minimum absolute atomic E-state index is 0.394. The van der Waals surface area contributed by atoms with Crippen molar-refractivity contribution in [3.8, 4) is 0 Å². The van der Waals surface area contributed by atoms with Crippen LogP contribution in [-0.2, 0) is 9.53 Å². The molecule has 1 aliphatic heterocycles. The molecular formula is C12H19NO2. The SMILES string of the molecule is O=C(C1[C@H]2CCCC[C@H]12)N1CCOCC1. The Kier molecular flexibility index (Phi) is 2.43. The molecule has 3 aliphatic rings. The molecular weight excluding hydrogens is 190 g/mol. The summed E-state index contributed by atoms with van der Waals surface area (Å²) in [6, 6.07) is 0. The lowest BCUT2D eigenvalue weighted by molar-refractivity contribution is -0.137. The molecule has 2 aliphatic carbocycles. The van der Waals surface area contributed by atoms with Crippen LogP contribution in [0, 0.1) is 17.8 Å². The van der Waals surface area contributed by atoms with Crippen LogP contribution in [-0.4, -0.2) is 37.1 Å². The molecule has 0 spiro atoms. The van der Waals surface area contributed by atoms with E-state index < -0.39 is 0 Å². The minimum atomic E-state index is 0.394. The molecule has 3 nitrogen and oxygen atoms in total. The first-order valence-electron chi connectivity index (χ1n) is 6.24. The largest absolute Gasteiger partial charge is 0.378 e. The first-order valence-corrected chi connectivity index (χ1v) is 6.24. The molecule has 0 aromatic carbocycles. The summed E-state index contributed by atoms with van der Waals surface area (Å²) in [6.07, 6.45) is 5.28. The van der Waals surface area contributed by atoms with Crippen LogP contribution in [0.5, 0.6) is 0 Å². The fraction of sp³-hybridized carbons (Fsp3) is 0.917. The van der Waals surface area contributed by atoms with E-state index in [2.05, 4.69) is 0 Å². The first kappa shape index (κ1) is 9.64. The molecule has 0 N–H and O–H groups in total. The quantitative estimate of drug-likeness (QED) is 0.651. The average molecular weight is 209 g/mol. The Labute approximate surface area is 90.8 Å². The van der Waals surface area contributed by atoms with Crippen LogP contribution in [0.4, 0.5) is 0 Å². The van der Waals surface area contributed by atoms with Crippen molar-refractivity contribution in [1.29, 1.82) is 0 Å². The zero-order valence-electron chi connectivity index (χ0n) is 9.15. The highest BCUT2D eigenvalue weighted by atomic mass is 16.5. The van der Waals surface area contributed by atoms with Gasteiger partial charge in [-0.25, -0.2) is 0 Å². The van der Waals surface area contributed by atoms with E-state index in [1.54, 1.807) is 0 Å². The summed E-state index contributed by atoms with van der Waals surface area (Å²) < 4.78 is 5.27. The second kappa shape index (κ2) is 3.78. The van der Waals surface area contributed by atoms with E-state index in [-0.39, 0.29) is 0 Å². The van der Waals surface area contributed by atoms with Crippen LogP contribution in [0.2, 0.25) is 0 Å². The Morgan fingerprint density at radius 1 is 1.07 bits per heavy atom. The second-order valence-electron chi connectivity index (χ2n) is 5.08. The molecule has 3 rings (SSSR count). The summed E-state index contributed by atoms with van der Waals surface area (Å²) in [5, 5.41) is 0. The van der Waals surface area contributed by atoms with Gasteiger partial charge in [-0.15, -0.1) is 0 Å². The van der Waals surface area contributed by atoms with Crippen molar-refractivity contribution in [2.24, 2.45) is 17.8 Å². The number of ether oxygens (including phenoxy) is 1. The van der Waals surface area contributed by atoms with E-state index in [0.717, 1.165) is 38.1 Å². The molecule has 0 aromatic rings. The maximum Gasteiger partial charge on any atom is 0.226 e. The van der Waals surface area contributed by atoms with Crippen molar-refractivity contribution in [2.45, 2.75) is 25.7 Å². The third-order valence-electron chi connectivity index (χ3n) is 4.26. The van der Waals surface area contributed by atoms with Crippen molar-refractivity contribution in [2.75, 3.05) is 26.3 Å². The number of carbonyl (C=O) groups is 1. The Balaban J connectivity index is 1.60. The fourth-order valence-electron chi connectivity index (χ4n) is 3.35. The normalized spacial score (nSPS) is 39.7. The molecule has 2 atom stereocenters. The number of hydrogen-bond donors (Lipinski definition) is 0. The van der Waals surface area contributed by atoms with Crippen molar-refractivity contribution >= 4 is 5.91 Å². The van der Waals surface area contributed by atoms with Gasteiger partial charge < -0.3 is 9.64 Å². The first-order chi connectivity index (χ1) is 7.38. The fourth-order valence-corrected chi connectivity index (χ4v) is 3.35. The standard InChI is InChI=1S/C12H19NO2/c14-12(13-5-7-15-8-6-13)11-9-3-1-2-4-10(9)11/h9-11H,1-8H2/t9-,10-/m0/s1. The van der Waals surface area contributed by atoms with E-state index in [1.165, 1.54) is 25.7 Å². The molecule has 1 amide bonds. The Bertz CT molecular complexity index is 248. The summed E-state index contributed by atoms with van der Waals surface area (Å²) in [5.41, 5.74) is 0. The predicted octanol–water partition coefficient (Wildman–Crippen LogP) is 1.28. The monoisotopic (exact) mass is 209 g/mol. The molecule has 84 valence electrons. The van der Waals surface area contributed by atoms with Gasteiger partial charge in [0.25, 0.3) is 0 Å². The van der Waals surface area contributed by atoms with Crippen LogP contribution >= 0.6 is 0 Å². The number of hydrogen-bond acceptors (Lipinski definition) is 2. The molecule has 15 heavy (non-hydrogen) atoms. The second-order valence-corrected chi connectivity index (χ2v) is 5.08. The van der Waals surface area contributed by atoms with Gasteiger partial charge in [-0.2, -0.15) is 0 Å². The van der Waals surface area contributed by atoms with E-state index in [0.29, 0.717) is 11.8 Å². The maximum absolute atomic E-state index is 12.2. The van der Waals surface area contributed by atoms with Gasteiger partial charge in [-0.1, -0.05) is 12.8 Å². The number of carbonyl (C=O) groups excluding carboxylic acids is 1. The van der Waals surface area contributed by atoms with Crippen LogP contribution in [0.1, 0.15) is 25.7 Å². The lowest BCUT2D eigenvalue weighted by Gasteiger charge is -2.27. The Morgan fingerprint density at radius 3 is 2.27 bits per heavy atom. The Morgan fingerprint density at radius 2 is 1.67 bits per heavy atom. The zero-order valence-corrected chi connectivity index (χ0v) is 9.15. The molecule has 0 radical (unpaired) electrons. The smallest absolute Gasteiger partial charge is 0.226 e. The van der Waals surface area contributed by atoms with Gasteiger partial charge in [0.1, 0.15) is 0 Å². The molecule has 0 bridgehead atoms. The molecule has 1 heterocycles. The highest BCUT2D eigenvalue weighted by Crippen LogP contribution is 2.56. The van der Waals surface area contributed by atoms with Gasteiger partial charge in [-0.3, -0.25) is 4.79 Å². The minimum Gasteiger partial charge on any atom is -0.378 e. The van der Waals surface area contributed by atoms with Crippen molar-refractivity contribution in [3.63, 3.8) is 0 Å². The molecule has 0 aromatic heterocycles. The van der Waals surface area contributed by atoms with Gasteiger partial charge in [0, 0.05) is 19.0 Å². The van der Waals surface area contributed by atoms with Crippen molar-refractivity contribution in [3.05, 3.63) is 0 Å². The Hall–Kier alpha value is -0.570. The number of nitrogens with zero attached hydrogens (tertiary/aromatic N) is 1. The van der Waals surface area contributed by atoms with E-state index in [1.807, 2.05) is 4.90 Å².